The average Bonchev–Trinajstić information content (AvgIpc) is 3.42. The van der Waals surface area contributed by atoms with Crippen LogP contribution in [0.1, 0.15) is 54.9 Å². The molecule has 0 aliphatic rings. The number of benzene rings is 1. The third-order valence-corrected chi connectivity index (χ3v) is 4.62. The molecule has 28 heavy (non-hydrogen) atoms. The SMILES string of the molecule is CC(C)n1cnnc1[C@@H](C)NC(=O)c1cc(Cn2cnc3ccccc32)[nH]n1. The molecule has 0 bridgehead atoms. The minimum atomic E-state index is -0.282. The fourth-order valence-electron chi connectivity index (χ4n) is 3.17. The molecule has 1 amide bonds. The van der Waals surface area contributed by atoms with Gasteiger partial charge in [0.05, 0.1) is 35.6 Å². The first kappa shape index (κ1) is 17.9. The molecule has 0 radical (unpaired) electrons. The van der Waals surface area contributed by atoms with Crippen molar-refractivity contribution in [2.75, 3.05) is 0 Å². The Morgan fingerprint density at radius 2 is 2.04 bits per heavy atom. The molecule has 0 saturated heterocycles. The maximum atomic E-state index is 12.6. The molecule has 0 aliphatic heterocycles. The molecule has 0 saturated carbocycles. The maximum Gasteiger partial charge on any atom is 0.272 e. The number of hydrogen-bond acceptors (Lipinski definition) is 5. The minimum Gasteiger partial charge on any atom is -0.341 e. The van der Waals surface area contributed by atoms with Gasteiger partial charge in [0.2, 0.25) is 0 Å². The molecule has 0 spiro atoms. The first-order valence-electron chi connectivity index (χ1n) is 9.17. The molecular weight excluding hydrogens is 356 g/mol. The molecule has 1 aromatic carbocycles. The van der Waals surface area contributed by atoms with Gasteiger partial charge < -0.3 is 14.5 Å². The number of amides is 1. The number of H-pyrrole nitrogens is 1. The summed E-state index contributed by atoms with van der Waals surface area (Å²) in [5.41, 5.74) is 3.13. The quantitative estimate of drug-likeness (QED) is 0.536. The Balaban J connectivity index is 1.46. The van der Waals surface area contributed by atoms with Crippen molar-refractivity contribution in [3.8, 4) is 0 Å². The van der Waals surface area contributed by atoms with Gasteiger partial charge in [-0.3, -0.25) is 9.89 Å². The van der Waals surface area contributed by atoms with Gasteiger partial charge in [0, 0.05) is 6.04 Å². The first-order chi connectivity index (χ1) is 13.5. The molecule has 9 nitrogen and oxygen atoms in total. The third-order valence-electron chi connectivity index (χ3n) is 4.62. The van der Waals surface area contributed by atoms with Crippen molar-refractivity contribution in [3.63, 3.8) is 0 Å². The Bertz CT molecular complexity index is 1110. The van der Waals surface area contributed by atoms with Gasteiger partial charge in [-0.25, -0.2) is 4.98 Å². The van der Waals surface area contributed by atoms with Crippen LogP contribution in [0.2, 0.25) is 0 Å². The lowest BCUT2D eigenvalue weighted by Gasteiger charge is -2.16. The summed E-state index contributed by atoms with van der Waals surface area (Å²) in [7, 11) is 0. The number of rotatable bonds is 6. The van der Waals surface area contributed by atoms with Crippen LogP contribution in [0.4, 0.5) is 0 Å². The second-order valence-electron chi connectivity index (χ2n) is 7.02. The van der Waals surface area contributed by atoms with E-state index in [1.165, 1.54) is 0 Å². The summed E-state index contributed by atoms with van der Waals surface area (Å²) in [6.45, 7) is 6.52. The lowest BCUT2D eigenvalue weighted by atomic mass is 10.2. The van der Waals surface area contributed by atoms with E-state index in [1.54, 1.807) is 18.7 Å². The van der Waals surface area contributed by atoms with Gasteiger partial charge in [-0.15, -0.1) is 10.2 Å². The van der Waals surface area contributed by atoms with E-state index < -0.39 is 0 Å². The third kappa shape index (κ3) is 3.38. The van der Waals surface area contributed by atoms with E-state index >= 15 is 0 Å². The highest BCUT2D eigenvalue weighted by Gasteiger charge is 2.19. The summed E-state index contributed by atoms with van der Waals surface area (Å²) in [5.74, 6) is 0.452. The van der Waals surface area contributed by atoms with Crippen molar-refractivity contribution in [2.24, 2.45) is 0 Å². The largest absolute Gasteiger partial charge is 0.341 e. The highest BCUT2D eigenvalue weighted by molar-refractivity contribution is 5.92. The molecule has 9 heteroatoms. The van der Waals surface area contributed by atoms with Crippen LogP contribution < -0.4 is 5.32 Å². The zero-order valence-electron chi connectivity index (χ0n) is 16.0. The van der Waals surface area contributed by atoms with Gasteiger partial charge in [-0.1, -0.05) is 12.1 Å². The van der Waals surface area contributed by atoms with Crippen LogP contribution in [-0.2, 0) is 6.54 Å². The number of fused-ring (bicyclic) bond motifs is 1. The number of para-hydroxylation sites is 2. The van der Waals surface area contributed by atoms with Crippen LogP contribution in [0.5, 0.6) is 0 Å². The minimum absolute atomic E-state index is 0.214. The number of hydrogen-bond donors (Lipinski definition) is 2. The average molecular weight is 378 g/mol. The Hall–Kier alpha value is -3.49. The van der Waals surface area contributed by atoms with E-state index in [9.17, 15) is 4.79 Å². The van der Waals surface area contributed by atoms with Crippen molar-refractivity contribution < 1.29 is 4.79 Å². The topological polar surface area (TPSA) is 106 Å². The lowest BCUT2D eigenvalue weighted by Crippen LogP contribution is -2.29. The van der Waals surface area contributed by atoms with Gasteiger partial charge in [-0.05, 0) is 39.0 Å². The number of aromatic amines is 1. The van der Waals surface area contributed by atoms with E-state index in [0.29, 0.717) is 18.1 Å². The van der Waals surface area contributed by atoms with Crippen LogP contribution in [0.3, 0.4) is 0 Å². The molecule has 0 fully saturated rings. The number of nitrogens with one attached hydrogen (secondary N) is 2. The zero-order valence-corrected chi connectivity index (χ0v) is 16.0. The molecule has 3 heterocycles. The zero-order chi connectivity index (χ0) is 19.7. The smallest absolute Gasteiger partial charge is 0.272 e. The molecule has 1 atom stereocenters. The van der Waals surface area contributed by atoms with Crippen LogP contribution in [0, 0.1) is 0 Å². The second kappa shape index (κ2) is 7.26. The number of carbonyl (C=O) groups excluding carboxylic acids is 1. The predicted octanol–water partition coefficient (Wildman–Crippen LogP) is 2.47. The van der Waals surface area contributed by atoms with Crippen molar-refractivity contribution in [1.82, 2.24) is 39.8 Å². The van der Waals surface area contributed by atoms with Crippen molar-refractivity contribution >= 4 is 16.9 Å². The molecule has 4 rings (SSSR count). The predicted molar refractivity (Wildman–Crippen MR) is 104 cm³/mol. The highest BCUT2D eigenvalue weighted by Crippen LogP contribution is 2.16. The highest BCUT2D eigenvalue weighted by atomic mass is 16.2. The van der Waals surface area contributed by atoms with Gasteiger partial charge >= 0.3 is 0 Å². The Morgan fingerprint density at radius 1 is 1.21 bits per heavy atom. The maximum absolute atomic E-state index is 12.6. The number of aromatic nitrogens is 7. The van der Waals surface area contributed by atoms with Crippen molar-refractivity contribution in [1.29, 1.82) is 0 Å². The Labute approximate surface area is 161 Å². The summed E-state index contributed by atoms with van der Waals surface area (Å²) >= 11 is 0. The van der Waals surface area contributed by atoms with E-state index in [0.717, 1.165) is 16.7 Å². The van der Waals surface area contributed by atoms with E-state index in [2.05, 4.69) is 30.7 Å². The number of carbonyl (C=O) groups is 1. The van der Waals surface area contributed by atoms with Gasteiger partial charge in [0.1, 0.15) is 12.0 Å². The van der Waals surface area contributed by atoms with E-state index in [1.807, 2.05) is 54.2 Å². The van der Waals surface area contributed by atoms with E-state index in [4.69, 9.17) is 0 Å². The lowest BCUT2D eigenvalue weighted by molar-refractivity contribution is 0.0932. The molecule has 0 unspecified atom stereocenters. The monoisotopic (exact) mass is 378 g/mol. The second-order valence-corrected chi connectivity index (χ2v) is 7.02. The van der Waals surface area contributed by atoms with E-state index in [-0.39, 0.29) is 18.0 Å². The number of imidazole rings is 1. The molecule has 4 aromatic rings. The van der Waals surface area contributed by atoms with Crippen molar-refractivity contribution in [3.05, 3.63) is 60.2 Å². The summed E-state index contributed by atoms with van der Waals surface area (Å²) in [4.78, 5) is 17.0. The Morgan fingerprint density at radius 3 is 2.86 bits per heavy atom. The molecular formula is C19H22N8O. The van der Waals surface area contributed by atoms with Crippen LogP contribution in [0.15, 0.2) is 43.0 Å². The van der Waals surface area contributed by atoms with Gasteiger partial charge in [0.15, 0.2) is 5.82 Å². The van der Waals surface area contributed by atoms with Crippen LogP contribution in [0.25, 0.3) is 11.0 Å². The molecule has 3 aromatic heterocycles. The van der Waals surface area contributed by atoms with Crippen molar-refractivity contribution in [2.45, 2.75) is 39.4 Å². The summed E-state index contributed by atoms with van der Waals surface area (Å²) < 4.78 is 3.95. The van der Waals surface area contributed by atoms with Gasteiger partial charge in [0.25, 0.3) is 5.91 Å². The summed E-state index contributed by atoms with van der Waals surface area (Å²) in [5, 5.41) is 18.1. The summed E-state index contributed by atoms with van der Waals surface area (Å²) in [6, 6.07) is 9.60. The summed E-state index contributed by atoms with van der Waals surface area (Å²) in [6.07, 6.45) is 3.46. The van der Waals surface area contributed by atoms with Crippen LogP contribution >= 0.6 is 0 Å². The normalized spacial score (nSPS) is 12.6. The van der Waals surface area contributed by atoms with Gasteiger partial charge in [-0.2, -0.15) is 5.10 Å². The Kier molecular flexibility index (Phi) is 4.64. The molecule has 2 N–H and O–H groups in total. The van der Waals surface area contributed by atoms with Crippen LogP contribution in [-0.4, -0.2) is 40.4 Å². The fraction of sp³-hybridized carbons (Fsp3) is 0.316. The fourth-order valence-corrected chi connectivity index (χ4v) is 3.17. The molecule has 144 valence electrons. The first-order valence-corrected chi connectivity index (χ1v) is 9.17. The molecule has 0 aliphatic carbocycles. The number of nitrogens with zero attached hydrogens (tertiary/aromatic N) is 6. The standard InChI is InChI=1S/C19H22N8O/c1-12(2)27-11-21-25-18(27)13(3)22-19(28)16-8-14(23-24-16)9-26-10-20-15-6-4-5-7-17(15)26/h4-8,10-13H,9H2,1-3H3,(H,22,28)(H,23,24)/t13-/m1/s1.